The van der Waals surface area contributed by atoms with Crippen molar-refractivity contribution in [1.82, 2.24) is 10.0 Å². The van der Waals surface area contributed by atoms with Crippen molar-refractivity contribution in [2.24, 2.45) is 0 Å². The van der Waals surface area contributed by atoms with Crippen LogP contribution in [0.4, 0.5) is 0 Å². The van der Waals surface area contributed by atoms with Gasteiger partial charge in [-0.25, -0.2) is 13.1 Å². The van der Waals surface area contributed by atoms with Crippen molar-refractivity contribution in [3.63, 3.8) is 0 Å². The van der Waals surface area contributed by atoms with Crippen LogP contribution in [-0.4, -0.2) is 41.1 Å². The van der Waals surface area contributed by atoms with E-state index in [2.05, 4.69) is 10.0 Å². The number of halogens is 1. The van der Waals surface area contributed by atoms with Gasteiger partial charge in [0.05, 0.1) is 18.2 Å². The third kappa shape index (κ3) is 5.15. The number of carbonyl (C=O) groups is 1. The molecule has 0 saturated heterocycles. The van der Waals surface area contributed by atoms with E-state index in [9.17, 15) is 13.2 Å². The van der Waals surface area contributed by atoms with Crippen molar-refractivity contribution < 1.29 is 17.9 Å². The highest BCUT2D eigenvalue weighted by Gasteiger charge is 2.18. The van der Waals surface area contributed by atoms with Crippen molar-refractivity contribution in [3.05, 3.63) is 29.3 Å². The monoisotopic (exact) mass is 306 g/mol. The molecule has 0 unspecified atom stereocenters. The third-order valence-corrected chi connectivity index (χ3v) is 4.08. The summed E-state index contributed by atoms with van der Waals surface area (Å²) in [5.41, 5.74) is 0. The molecule has 0 saturated carbocycles. The molecule has 1 aromatic rings. The zero-order valence-corrected chi connectivity index (χ0v) is 11.9. The van der Waals surface area contributed by atoms with Gasteiger partial charge >= 0.3 is 0 Å². The summed E-state index contributed by atoms with van der Waals surface area (Å²) in [6, 6.07) is 6.01. The van der Waals surface area contributed by atoms with Crippen LogP contribution in [0, 0.1) is 0 Å². The Bertz CT molecular complexity index is 533. The molecule has 6 nitrogen and oxygen atoms in total. The molecule has 1 aromatic carbocycles. The van der Waals surface area contributed by atoms with Gasteiger partial charge in [0, 0.05) is 13.7 Å². The molecular weight excluding hydrogens is 292 g/mol. The van der Waals surface area contributed by atoms with Gasteiger partial charge in [-0.3, -0.25) is 4.79 Å². The van der Waals surface area contributed by atoms with Crippen LogP contribution in [0.1, 0.15) is 0 Å². The first-order valence-corrected chi connectivity index (χ1v) is 7.33. The SMILES string of the molecule is COCCNC(=O)CNS(=O)(=O)c1ccccc1Cl. The molecule has 2 N–H and O–H groups in total. The fourth-order valence-electron chi connectivity index (χ4n) is 1.26. The molecule has 1 amide bonds. The molecule has 0 aliphatic carbocycles. The first-order valence-electron chi connectivity index (χ1n) is 5.47. The largest absolute Gasteiger partial charge is 0.383 e. The maximum absolute atomic E-state index is 11.9. The standard InChI is InChI=1S/C11H15ClN2O4S/c1-18-7-6-13-11(15)8-14-19(16,17)10-5-3-2-4-9(10)12/h2-5,14H,6-8H2,1H3,(H,13,15). The number of nitrogens with one attached hydrogen (secondary N) is 2. The van der Waals surface area contributed by atoms with E-state index in [1.807, 2.05) is 0 Å². The topological polar surface area (TPSA) is 84.5 Å². The number of amides is 1. The van der Waals surface area contributed by atoms with Crippen LogP contribution in [0.2, 0.25) is 5.02 Å². The second-order valence-corrected chi connectivity index (χ2v) is 5.74. The lowest BCUT2D eigenvalue weighted by atomic mass is 10.4. The lowest BCUT2D eigenvalue weighted by Gasteiger charge is -2.08. The van der Waals surface area contributed by atoms with Crippen molar-refractivity contribution >= 4 is 27.5 Å². The Balaban J connectivity index is 2.57. The Morgan fingerprint density at radius 3 is 2.68 bits per heavy atom. The van der Waals surface area contributed by atoms with Crippen LogP contribution in [0.3, 0.4) is 0 Å². The lowest BCUT2D eigenvalue weighted by molar-refractivity contribution is -0.120. The Hall–Kier alpha value is -1.15. The minimum atomic E-state index is -3.79. The summed E-state index contributed by atoms with van der Waals surface area (Å²) in [7, 11) is -2.28. The zero-order chi connectivity index (χ0) is 14.3. The highest BCUT2D eigenvalue weighted by molar-refractivity contribution is 7.89. The Morgan fingerprint density at radius 1 is 1.37 bits per heavy atom. The summed E-state index contributed by atoms with van der Waals surface area (Å²) in [4.78, 5) is 11.3. The number of ether oxygens (including phenoxy) is 1. The van der Waals surface area contributed by atoms with E-state index in [1.165, 1.54) is 19.2 Å². The third-order valence-electron chi connectivity index (χ3n) is 2.18. The van der Waals surface area contributed by atoms with Gasteiger partial charge < -0.3 is 10.1 Å². The summed E-state index contributed by atoms with van der Waals surface area (Å²) in [5.74, 6) is -0.437. The average molecular weight is 307 g/mol. The molecule has 106 valence electrons. The van der Waals surface area contributed by atoms with E-state index in [0.29, 0.717) is 13.2 Å². The van der Waals surface area contributed by atoms with Gasteiger partial charge in [-0.05, 0) is 12.1 Å². The van der Waals surface area contributed by atoms with Crippen molar-refractivity contribution in [3.8, 4) is 0 Å². The van der Waals surface area contributed by atoms with Gasteiger partial charge in [-0.15, -0.1) is 0 Å². The maximum atomic E-state index is 11.9. The number of carbonyl (C=O) groups excluding carboxylic acids is 1. The van der Waals surface area contributed by atoms with Crippen LogP contribution >= 0.6 is 11.6 Å². The Kier molecular flexibility index (Phi) is 6.23. The van der Waals surface area contributed by atoms with Gasteiger partial charge in [0.15, 0.2) is 0 Å². The van der Waals surface area contributed by atoms with Crippen molar-refractivity contribution in [1.29, 1.82) is 0 Å². The van der Waals surface area contributed by atoms with Gasteiger partial charge in [0.25, 0.3) is 0 Å². The molecular formula is C11H15ClN2O4S. The number of sulfonamides is 1. The molecule has 1 rings (SSSR count). The minimum Gasteiger partial charge on any atom is -0.383 e. The van der Waals surface area contributed by atoms with Crippen LogP contribution in [0.15, 0.2) is 29.2 Å². The molecule has 0 spiro atoms. The van der Waals surface area contributed by atoms with E-state index >= 15 is 0 Å². The predicted molar refractivity (Wildman–Crippen MR) is 71.5 cm³/mol. The summed E-state index contributed by atoms with van der Waals surface area (Å²) in [5, 5.41) is 2.60. The first-order chi connectivity index (χ1) is 8.97. The molecule has 8 heteroatoms. The molecule has 0 radical (unpaired) electrons. The van der Waals surface area contributed by atoms with Gasteiger partial charge in [0.2, 0.25) is 15.9 Å². The predicted octanol–water partition coefficient (Wildman–Crippen LogP) is 0.381. The molecule has 0 bridgehead atoms. The molecule has 0 aliphatic rings. The number of hydrogen-bond donors (Lipinski definition) is 2. The quantitative estimate of drug-likeness (QED) is 0.713. The molecule has 19 heavy (non-hydrogen) atoms. The second kappa shape index (κ2) is 7.44. The van der Waals surface area contributed by atoms with Crippen molar-refractivity contribution in [2.45, 2.75) is 4.90 Å². The Labute approximate surface area is 117 Å². The van der Waals surface area contributed by atoms with Crippen LogP contribution < -0.4 is 10.0 Å². The van der Waals surface area contributed by atoms with E-state index < -0.39 is 15.9 Å². The number of benzene rings is 1. The van der Waals surface area contributed by atoms with Crippen molar-refractivity contribution in [2.75, 3.05) is 26.8 Å². The minimum absolute atomic E-state index is 0.0543. The summed E-state index contributed by atoms with van der Waals surface area (Å²) in [6.07, 6.45) is 0. The number of rotatable bonds is 7. The first kappa shape index (κ1) is 15.9. The molecule has 0 heterocycles. The zero-order valence-electron chi connectivity index (χ0n) is 10.3. The molecule has 0 aliphatic heterocycles. The smallest absolute Gasteiger partial charge is 0.242 e. The van der Waals surface area contributed by atoms with E-state index in [-0.39, 0.29) is 16.5 Å². The van der Waals surface area contributed by atoms with Crippen LogP contribution in [0.5, 0.6) is 0 Å². The van der Waals surface area contributed by atoms with Crippen LogP contribution in [-0.2, 0) is 19.6 Å². The van der Waals surface area contributed by atoms with E-state index in [1.54, 1.807) is 12.1 Å². The normalized spacial score (nSPS) is 11.3. The van der Waals surface area contributed by atoms with Gasteiger partial charge in [0.1, 0.15) is 4.90 Å². The fourth-order valence-corrected chi connectivity index (χ4v) is 2.76. The molecule has 0 aromatic heterocycles. The van der Waals surface area contributed by atoms with Gasteiger partial charge in [-0.1, -0.05) is 23.7 Å². The fraction of sp³-hybridized carbons (Fsp3) is 0.364. The highest BCUT2D eigenvalue weighted by atomic mass is 35.5. The summed E-state index contributed by atoms with van der Waals surface area (Å²) in [6.45, 7) is 0.337. The molecule has 0 fully saturated rings. The van der Waals surface area contributed by atoms with Crippen LogP contribution in [0.25, 0.3) is 0 Å². The summed E-state index contributed by atoms with van der Waals surface area (Å²) >= 11 is 5.79. The highest BCUT2D eigenvalue weighted by Crippen LogP contribution is 2.19. The second-order valence-electron chi connectivity index (χ2n) is 3.60. The summed E-state index contributed by atoms with van der Waals surface area (Å²) < 4.78 is 30.7. The Morgan fingerprint density at radius 2 is 2.05 bits per heavy atom. The number of methoxy groups -OCH3 is 1. The lowest BCUT2D eigenvalue weighted by Crippen LogP contribution is -2.38. The van der Waals surface area contributed by atoms with Gasteiger partial charge in [-0.2, -0.15) is 0 Å². The number of hydrogen-bond acceptors (Lipinski definition) is 4. The maximum Gasteiger partial charge on any atom is 0.242 e. The average Bonchev–Trinajstić information content (AvgIpc) is 2.37. The van der Waals surface area contributed by atoms with E-state index in [0.717, 1.165) is 0 Å². The molecule has 0 atom stereocenters. The van der Waals surface area contributed by atoms with E-state index in [4.69, 9.17) is 16.3 Å².